The van der Waals surface area contributed by atoms with Gasteiger partial charge in [-0.15, -0.1) is 0 Å². The lowest BCUT2D eigenvalue weighted by atomic mass is 10.1. The Balaban J connectivity index is 0.915. The molecule has 8 heterocycles. The van der Waals surface area contributed by atoms with Gasteiger partial charge in [0.15, 0.2) is 23.3 Å². The van der Waals surface area contributed by atoms with Crippen LogP contribution in [0.3, 0.4) is 0 Å². The van der Waals surface area contributed by atoms with Gasteiger partial charge in [0.05, 0.1) is 71.8 Å². The standard InChI is InChI=1S/C79H48N10/c1-4-22-48(23-5-1)76-83-77(49-24-6-2-7-25-49)85-78(84-76)60-47-71(82-79(89-66-38-20-13-31-55(66)56-32-14-21-39-67(56)89)75(60)88-64-36-18-11-29-53(64)54-30-12-19-37-65(54)88)87-63-35-17-15-33-57(63)59-46-50(40-43-68(59)87)61-42-45-70-74(80-61)72-69(86(70)51-26-8-3-9-27-51)44-41-58-52-28-10-16-34-62(52)81-73(58)72/h1-47,81H. The van der Waals surface area contributed by atoms with Crippen LogP contribution in [0.25, 0.3) is 178 Å². The minimum Gasteiger partial charge on any atom is -0.354 e. The van der Waals surface area contributed by atoms with Crippen molar-refractivity contribution in [2.75, 3.05) is 0 Å². The van der Waals surface area contributed by atoms with Crippen LogP contribution in [0.2, 0.25) is 0 Å². The number of nitrogens with one attached hydrogen (secondary N) is 1. The molecule has 0 spiro atoms. The highest BCUT2D eigenvalue weighted by atomic mass is 15.2. The van der Waals surface area contributed by atoms with E-state index >= 15 is 0 Å². The number of para-hydroxylation sites is 7. The largest absolute Gasteiger partial charge is 0.354 e. The molecule has 0 bridgehead atoms. The molecule has 0 amide bonds. The zero-order valence-electron chi connectivity index (χ0n) is 47.7. The third kappa shape index (κ3) is 7.35. The molecule has 0 radical (unpaired) electrons. The molecule has 0 atom stereocenters. The van der Waals surface area contributed by atoms with E-state index in [4.69, 9.17) is 24.9 Å². The Morgan fingerprint density at radius 1 is 0.281 bits per heavy atom. The van der Waals surface area contributed by atoms with Gasteiger partial charge in [-0.1, -0.05) is 200 Å². The van der Waals surface area contributed by atoms with Crippen LogP contribution in [-0.2, 0) is 0 Å². The highest BCUT2D eigenvalue weighted by Crippen LogP contribution is 2.45. The second-order valence-corrected chi connectivity index (χ2v) is 22.9. The van der Waals surface area contributed by atoms with Gasteiger partial charge in [-0.3, -0.25) is 9.13 Å². The summed E-state index contributed by atoms with van der Waals surface area (Å²) in [6.45, 7) is 0. The second kappa shape index (κ2) is 19.1. The van der Waals surface area contributed by atoms with Gasteiger partial charge >= 0.3 is 0 Å². The third-order valence-electron chi connectivity index (χ3n) is 18.0. The minimum atomic E-state index is 0.503. The van der Waals surface area contributed by atoms with Crippen molar-refractivity contribution in [3.63, 3.8) is 0 Å². The van der Waals surface area contributed by atoms with Crippen LogP contribution in [-0.4, -0.2) is 48.2 Å². The normalized spacial score (nSPS) is 12.0. The fourth-order valence-electron chi connectivity index (χ4n) is 14.1. The van der Waals surface area contributed by atoms with Crippen LogP contribution in [0.1, 0.15) is 0 Å². The highest BCUT2D eigenvalue weighted by Gasteiger charge is 2.29. The summed E-state index contributed by atoms with van der Waals surface area (Å²) in [6, 6.07) is 101. The van der Waals surface area contributed by atoms with Gasteiger partial charge < -0.3 is 14.1 Å². The Hall–Kier alpha value is -12.3. The number of aromatic amines is 1. The molecule has 19 aromatic rings. The van der Waals surface area contributed by atoms with Crippen molar-refractivity contribution < 1.29 is 0 Å². The van der Waals surface area contributed by atoms with E-state index in [1.54, 1.807) is 0 Å². The summed E-state index contributed by atoms with van der Waals surface area (Å²) in [4.78, 5) is 32.0. The van der Waals surface area contributed by atoms with Crippen molar-refractivity contribution in [2.45, 2.75) is 0 Å². The zero-order chi connectivity index (χ0) is 58.3. The van der Waals surface area contributed by atoms with Gasteiger partial charge in [0, 0.05) is 71.0 Å². The number of H-pyrrole nitrogens is 1. The summed E-state index contributed by atoms with van der Waals surface area (Å²) in [7, 11) is 0. The second-order valence-electron chi connectivity index (χ2n) is 22.9. The third-order valence-corrected chi connectivity index (χ3v) is 18.0. The minimum absolute atomic E-state index is 0.503. The lowest BCUT2D eigenvalue weighted by molar-refractivity contribution is 0.976. The van der Waals surface area contributed by atoms with Crippen LogP contribution in [0, 0.1) is 0 Å². The van der Waals surface area contributed by atoms with E-state index in [0.717, 1.165) is 138 Å². The SMILES string of the molecule is c1ccc(-c2nc(-c3ccccc3)nc(-c3cc(-n4c5ccccc5c5cc(-c6ccc7c(n6)c6c8[nH]c9ccccc9c8ccc6n7-c6ccccc6)ccc54)nc(-n4c5ccccc5c5ccccc54)c3-n3c4ccccc4c4ccccc43)n2)cc1. The van der Waals surface area contributed by atoms with Gasteiger partial charge in [0.2, 0.25) is 0 Å². The van der Waals surface area contributed by atoms with Crippen molar-refractivity contribution in [1.29, 1.82) is 0 Å². The van der Waals surface area contributed by atoms with Crippen molar-refractivity contribution in [2.24, 2.45) is 0 Å². The Morgan fingerprint density at radius 2 is 0.753 bits per heavy atom. The van der Waals surface area contributed by atoms with Gasteiger partial charge in [-0.2, -0.15) is 0 Å². The number of hydrogen-bond donors (Lipinski definition) is 1. The van der Waals surface area contributed by atoms with Crippen LogP contribution in [0.4, 0.5) is 0 Å². The summed E-state index contributed by atoms with van der Waals surface area (Å²) < 4.78 is 9.39. The Kier molecular flexibility index (Phi) is 10.5. The summed E-state index contributed by atoms with van der Waals surface area (Å²) in [6.07, 6.45) is 0. The van der Waals surface area contributed by atoms with Crippen LogP contribution in [0.15, 0.2) is 285 Å². The molecule has 10 heteroatoms. The van der Waals surface area contributed by atoms with E-state index < -0.39 is 0 Å². The maximum absolute atomic E-state index is 6.10. The molecule has 8 aromatic heterocycles. The monoisotopic (exact) mass is 1140 g/mol. The topological polar surface area (TPSA) is 100.0 Å². The predicted octanol–water partition coefficient (Wildman–Crippen LogP) is 19.4. The lowest BCUT2D eigenvalue weighted by Crippen LogP contribution is -2.12. The van der Waals surface area contributed by atoms with E-state index in [-0.39, 0.29) is 0 Å². The average molecular weight is 1140 g/mol. The first-order valence-electron chi connectivity index (χ1n) is 30.0. The van der Waals surface area contributed by atoms with Crippen molar-refractivity contribution in [3.05, 3.63) is 285 Å². The van der Waals surface area contributed by atoms with E-state index in [2.05, 4.69) is 272 Å². The van der Waals surface area contributed by atoms with Crippen molar-refractivity contribution in [3.8, 4) is 68.4 Å². The first-order valence-corrected chi connectivity index (χ1v) is 30.0. The summed E-state index contributed by atoms with van der Waals surface area (Å²) >= 11 is 0. The Morgan fingerprint density at radius 3 is 1.36 bits per heavy atom. The van der Waals surface area contributed by atoms with Crippen LogP contribution < -0.4 is 0 Å². The molecule has 1 N–H and O–H groups in total. The van der Waals surface area contributed by atoms with Crippen LogP contribution in [0.5, 0.6) is 0 Å². The predicted molar refractivity (Wildman–Crippen MR) is 364 cm³/mol. The van der Waals surface area contributed by atoms with E-state index in [1.165, 1.54) is 10.8 Å². The maximum atomic E-state index is 6.10. The maximum Gasteiger partial charge on any atom is 0.166 e. The molecule has 0 saturated carbocycles. The van der Waals surface area contributed by atoms with Crippen molar-refractivity contribution in [1.82, 2.24) is 48.2 Å². The number of rotatable bonds is 8. The van der Waals surface area contributed by atoms with E-state index in [0.29, 0.717) is 29.1 Å². The zero-order valence-corrected chi connectivity index (χ0v) is 47.7. The first kappa shape index (κ1) is 49.0. The van der Waals surface area contributed by atoms with E-state index in [9.17, 15) is 0 Å². The van der Waals surface area contributed by atoms with Gasteiger partial charge in [-0.25, -0.2) is 24.9 Å². The van der Waals surface area contributed by atoms with Gasteiger partial charge in [0.25, 0.3) is 0 Å². The lowest BCUT2D eigenvalue weighted by Gasteiger charge is -2.21. The molecule has 10 nitrogen and oxygen atoms in total. The molecule has 414 valence electrons. The molecule has 11 aromatic carbocycles. The Labute approximate surface area is 508 Å². The molecule has 0 saturated heterocycles. The molecule has 0 unspecified atom stereocenters. The molecule has 0 aliphatic heterocycles. The Bertz CT molecular complexity index is 5940. The number of hydrogen-bond acceptors (Lipinski definition) is 5. The van der Waals surface area contributed by atoms with E-state index in [1.807, 2.05) is 36.4 Å². The molecule has 89 heavy (non-hydrogen) atoms. The molecule has 0 aliphatic carbocycles. The molecule has 19 rings (SSSR count). The average Bonchev–Trinajstić information content (AvgIpc) is 1.64. The number of benzene rings is 11. The summed E-state index contributed by atoms with van der Waals surface area (Å²) in [5, 5.41) is 10.1. The number of pyridine rings is 2. The fourth-order valence-corrected chi connectivity index (χ4v) is 14.1. The summed E-state index contributed by atoms with van der Waals surface area (Å²) in [5.74, 6) is 3.03. The summed E-state index contributed by atoms with van der Waals surface area (Å²) in [5.41, 5.74) is 17.6. The highest BCUT2D eigenvalue weighted by molar-refractivity contribution is 6.24. The van der Waals surface area contributed by atoms with Gasteiger partial charge in [-0.05, 0) is 84.9 Å². The number of nitrogens with zero attached hydrogens (tertiary/aromatic N) is 9. The fraction of sp³-hybridized carbons (Fsp3) is 0. The quantitative estimate of drug-likeness (QED) is 0.163. The smallest absolute Gasteiger partial charge is 0.166 e. The molecule has 0 aliphatic rings. The molecular formula is C79H48N10. The number of aromatic nitrogens is 10. The van der Waals surface area contributed by atoms with Crippen molar-refractivity contribution >= 4 is 109 Å². The molecule has 0 fully saturated rings. The molecular weight excluding hydrogens is 1090 g/mol. The first-order chi connectivity index (χ1) is 44.2. The number of fused-ring (bicyclic) bond motifs is 16. The van der Waals surface area contributed by atoms with Crippen LogP contribution >= 0.6 is 0 Å². The van der Waals surface area contributed by atoms with Gasteiger partial charge in [0.1, 0.15) is 11.5 Å².